The second-order valence-electron chi connectivity index (χ2n) is 7.14. The molecule has 0 heterocycles. The van der Waals surface area contributed by atoms with E-state index in [0.717, 1.165) is 18.7 Å². The van der Waals surface area contributed by atoms with Gasteiger partial charge in [-0.15, -0.1) is 0 Å². The molecule has 28 heavy (non-hydrogen) atoms. The lowest BCUT2D eigenvalue weighted by molar-refractivity contribution is 0.105. The van der Waals surface area contributed by atoms with Crippen molar-refractivity contribution in [2.45, 2.75) is 24.9 Å². The summed E-state index contributed by atoms with van der Waals surface area (Å²) in [6, 6.07) is 30.8. The van der Waals surface area contributed by atoms with Crippen LogP contribution in [-0.2, 0) is 6.54 Å². The first-order valence-corrected chi connectivity index (χ1v) is 9.91. The summed E-state index contributed by atoms with van der Waals surface area (Å²) in [5.41, 5.74) is 3.55. The number of aliphatic hydroxyl groups excluding tert-OH is 2. The summed E-state index contributed by atoms with van der Waals surface area (Å²) in [5.74, 6) is 0.202. The van der Waals surface area contributed by atoms with E-state index < -0.39 is 0 Å². The van der Waals surface area contributed by atoms with Crippen molar-refractivity contribution in [1.82, 2.24) is 4.90 Å². The van der Waals surface area contributed by atoms with Crippen molar-refractivity contribution < 1.29 is 10.2 Å². The maximum Gasteiger partial charge on any atom is 0.0628 e. The Kier molecular flexibility index (Phi) is 7.80. The van der Waals surface area contributed by atoms with E-state index in [9.17, 15) is 10.2 Å². The van der Waals surface area contributed by atoms with Crippen molar-refractivity contribution in [2.24, 2.45) is 0 Å². The van der Waals surface area contributed by atoms with Gasteiger partial charge in [0.2, 0.25) is 0 Å². The molecule has 0 fully saturated rings. The van der Waals surface area contributed by atoms with Crippen molar-refractivity contribution in [3.63, 3.8) is 0 Å². The molecule has 0 saturated carbocycles. The molecule has 0 bridgehead atoms. The van der Waals surface area contributed by atoms with E-state index in [1.165, 1.54) is 11.1 Å². The third-order valence-electron chi connectivity index (χ3n) is 5.23. The summed E-state index contributed by atoms with van der Waals surface area (Å²) in [5, 5.41) is 19.9. The number of rotatable bonds is 10. The zero-order valence-electron chi connectivity index (χ0n) is 16.2. The SMILES string of the molecule is OCC[C@@H](CN(Cc1ccccc1)[C@@H](CO)c1ccccc1)c1ccccc1. The first kappa shape index (κ1) is 20.3. The molecule has 0 aromatic heterocycles. The Hall–Kier alpha value is -2.46. The second-order valence-corrected chi connectivity index (χ2v) is 7.14. The number of hydrogen-bond acceptors (Lipinski definition) is 3. The Morgan fingerprint density at radius 3 is 1.75 bits per heavy atom. The highest BCUT2D eigenvalue weighted by atomic mass is 16.3. The number of hydrogen-bond donors (Lipinski definition) is 2. The molecule has 0 aliphatic heterocycles. The Morgan fingerprint density at radius 2 is 1.21 bits per heavy atom. The highest BCUT2D eigenvalue weighted by Crippen LogP contribution is 2.28. The van der Waals surface area contributed by atoms with E-state index in [1.807, 2.05) is 54.6 Å². The number of benzene rings is 3. The fourth-order valence-corrected chi connectivity index (χ4v) is 3.75. The monoisotopic (exact) mass is 375 g/mol. The first-order chi connectivity index (χ1) is 13.8. The van der Waals surface area contributed by atoms with Gasteiger partial charge in [0, 0.05) is 19.7 Å². The zero-order chi connectivity index (χ0) is 19.6. The predicted molar refractivity (Wildman–Crippen MR) is 114 cm³/mol. The average Bonchev–Trinajstić information content (AvgIpc) is 2.76. The molecule has 3 heteroatoms. The van der Waals surface area contributed by atoms with Gasteiger partial charge in [-0.3, -0.25) is 4.90 Å². The fraction of sp³-hybridized carbons (Fsp3) is 0.280. The minimum atomic E-state index is -0.0914. The summed E-state index contributed by atoms with van der Waals surface area (Å²) in [6.45, 7) is 1.71. The molecule has 146 valence electrons. The van der Waals surface area contributed by atoms with Crippen molar-refractivity contribution in [2.75, 3.05) is 19.8 Å². The molecule has 0 aliphatic rings. The lowest BCUT2D eigenvalue weighted by atomic mass is 9.93. The van der Waals surface area contributed by atoms with Gasteiger partial charge < -0.3 is 10.2 Å². The maximum atomic E-state index is 10.3. The summed E-state index contributed by atoms with van der Waals surface area (Å²) >= 11 is 0. The predicted octanol–water partition coefficient (Wildman–Crippen LogP) is 4.39. The Labute approximate surface area is 167 Å². The van der Waals surface area contributed by atoms with Crippen LogP contribution in [0.5, 0.6) is 0 Å². The van der Waals surface area contributed by atoms with Gasteiger partial charge in [0.1, 0.15) is 0 Å². The summed E-state index contributed by atoms with van der Waals surface area (Å²) in [6.07, 6.45) is 0.697. The van der Waals surface area contributed by atoms with E-state index in [-0.39, 0.29) is 25.2 Å². The molecule has 0 radical (unpaired) electrons. The van der Waals surface area contributed by atoms with Crippen LogP contribution in [0.1, 0.15) is 35.1 Å². The van der Waals surface area contributed by atoms with Gasteiger partial charge in [-0.1, -0.05) is 91.0 Å². The van der Waals surface area contributed by atoms with Crippen molar-refractivity contribution >= 4 is 0 Å². The van der Waals surface area contributed by atoms with Crippen LogP contribution >= 0.6 is 0 Å². The van der Waals surface area contributed by atoms with E-state index in [4.69, 9.17) is 0 Å². The molecule has 0 amide bonds. The minimum Gasteiger partial charge on any atom is -0.396 e. The number of aliphatic hydroxyl groups is 2. The molecule has 0 aliphatic carbocycles. The molecule has 2 N–H and O–H groups in total. The number of nitrogens with zero attached hydrogens (tertiary/aromatic N) is 1. The van der Waals surface area contributed by atoms with E-state index >= 15 is 0 Å². The van der Waals surface area contributed by atoms with E-state index in [1.54, 1.807) is 0 Å². The Morgan fingerprint density at radius 1 is 0.679 bits per heavy atom. The summed E-state index contributed by atoms with van der Waals surface area (Å²) in [7, 11) is 0. The molecule has 3 rings (SSSR count). The molecule has 3 aromatic rings. The van der Waals surface area contributed by atoms with Crippen LogP contribution in [0.25, 0.3) is 0 Å². The molecule has 0 spiro atoms. The molecular formula is C25H29NO2. The molecule has 3 aromatic carbocycles. The standard InChI is InChI=1S/C25H29NO2/c27-17-16-24(22-12-6-2-7-13-22)19-26(18-21-10-4-1-5-11-21)25(20-28)23-14-8-3-9-15-23/h1-15,24-25,27-28H,16-20H2/t24-,25-/m0/s1. The van der Waals surface area contributed by atoms with Gasteiger partial charge in [0.05, 0.1) is 12.6 Å². The van der Waals surface area contributed by atoms with Crippen LogP contribution in [0, 0.1) is 0 Å². The van der Waals surface area contributed by atoms with Gasteiger partial charge in [-0.05, 0) is 29.0 Å². The topological polar surface area (TPSA) is 43.7 Å². The Bertz CT molecular complexity index is 793. The van der Waals surface area contributed by atoms with Crippen LogP contribution in [0.15, 0.2) is 91.0 Å². The van der Waals surface area contributed by atoms with Crippen molar-refractivity contribution in [3.05, 3.63) is 108 Å². The highest BCUT2D eigenvalue weighted by Gasteiger charge is 2.24. The van der Waals surface area contributed by atoms with Crippen molar-refractivity contribution in [1.29, 1.82) is 0 Å². The third kappa shape index (κ3) is 5.52. The van der Waals surface area contributed by atoms with Gasteiger partial charge >= 0.3 is 0 Å². The lowest BCUT2D eigenvalue weighted by Gasteiger charge is -2.34. The third-order valence-corrected chi connectivity index (χ3v) is 5.23. The van der Waals surface area contributed by atoms with Gasteiger partial charge in [-0.2, -0.15) is 0 Å². The second kappa shape index (κ2) is 10.8. The summed E-state index contributed by atoms with van der Waals surface area (Å²) < 4.78 is 0. The van der Waals surface area contributed by atoms with E-state index in [2.05, 4.69) is 41.3 Å². The van der Waals surface area contributed by atoms with Gasteiger partial charge in [-0.25, -0.2) is 0 Å². The van der Waals surface area contributed by atoms with Crippen LogP contribution in [0.4, 0.5) is 0 Å². The Balaban J connectivity index is 1.90. The molecule has 0 saturated heterocycles. The smallest absolute Gasteiger partial charge is 0.0628 e. The van der Waals surface area contributed by atoms with E-state index in [0.29, 0.717) is 6.42 Å². The normalized spacial score (nSPS) is 13.4. The van der Waals surface area contributed by atoms with Gasteiger partial charge in [0.25, 0.3) is 0 Å². The average molecular weight is 376 g/mol. The molecule has 0 unspecified atom stereocenters. The molecule has 2 atom stereocenters. The van der Waals surface area contributed by atoms with Crippen molar-refractivity contribution in [3.8, 4) is 0 Å². The maximum absolute atomic E-state index is 10.3. The summed E-state index contributed by atoms with van der Waals surface area (Å²) in [4.78, 5) is 2.33. The quantitative estimate of drug-likeness (QED) is 0.552. The van der Waals surface area contributed by atoms with Crippen LogP contribution in [0.3, 0.4) is 0 Å². The lowest BCUT2D eigenvalue weighted by Crippen LogP contribution is -2.34. The van der Waals surface area contributed by atoms with Crippen LogP contribution in [0.2, 0.25) is 0 Å². The first-order valence-electron chi connectivity index (χ1n) is 9.91. The minimum absolute atomic E-state index is 0.0531. The fourth-order valence-electron chi connectivity index (χ4n) is 3.75. The molecule has 3 nitrogen and oxygen atoms in total. The highest BCUT2D eigenvalue weighted by molar-refractivity contribution is 5.23. The molecular weight excluding hydrogens is 346 g/mol. The zero-order valence-corrected chi connectivity index (χ0v) is 16.2. The largest absolute Gasteiger partial charge is 0.396 e. The van der Waals surface area contributed by atoms with Crippen LogP contribution in [-0.4, -0.2) is 34.9 Å². The van der Waals surface area contributed by atoms with Gasteiger partial charge in [0.15, 0.2) is 0 Å². The van der Waals surface area contributed by atoms with Crippen LogP contribution < -0.4 is 0 Å².